The molecule has 2 fully saturated rings. The predicted molar refractivity (Wildman–Crippen MR) is 132 cm³/mol. The van der Waals surface area contributed by atoms with Crippen LogP contribution in [0.5, 0.6) is 5.75 Å². The molecule has 0 aromatic heterocycles. The van der Waals surface area contributed by atoms with Crippen LogP contribution < -0.4 is 19.9 Å². The zero-order valence-electron chi connectivity index (χ0n) is 19.5. The van der Waals surface area contributed by atoms with Crippen molar-refractivity contribution in [3.8, 4) is 5.75 Å². The van der Waals surface area contributed by atoms with Gasteiger partial charge in [0.1, 0.15) is 11.9 Å². The number of hydrogen-bond acceptors (Lipinski definition) is 6. The Morgan fingerprint density at radius 1 is 0.970 bits per heavy atom. The van der Waals surface area contributed by atoms with Crippen LogP contribution in [0.4, 0.5) is 17.1 Å². The number of rotatable bonds is 5. The number of nitrogens with one attached hydrogen (secondary N) is 1. The Labute approximate surface area is 196 Å². The molecule has 0 saturated carbocycles. The lowest BCUT2D eigenvalue weighted by atomic mass is 9.99. The third kappa shape index (κ3) is 5.25. The molecule has 1 atom stereocenters. The minimum atomic E-state index is -0.0984. The number of carbonyl (C=O) groups is 1. The Kier molecular flexibility index (Phi) is 6.69. The number of likely N-dealkylation sites (N-methyl/N-ethyl adjacent to an activating group) is 1. The van der Waals surface area contributed by atoms with E-state index in [4.69, 9.17) is 9.47 Å². The molecular weight excluding hydrogens is 416 g/mol. The molecular formula is C26H34N4O3. The minimum Gasteiger partial charge on any atom is -0.487 e. The minimum absolute atomic E-state index is 0.000323. The second-order valence-corrected chi connectivity index (χ2v) is 9.23. The van der Waals surface area contributed by atoms with E-state index in [9.17, 15) is 4.79 Å². The van der Waals surface area contributed by atoms with Crippen molar-refractivity contribution in [2.24, 2.45) is 0 Å². The summed E-state index contributed by atoms with van der Waals surface area (Å²) in [4.78, 5) is 19.8. The number of ether oxygens (including phenoxy) is 2. The van der Waals surface area contributed by atoms with Crippen molar-refractivity contribution in [3.63, 3.8) is 0 Å². The van der Waals surface area contributed by atoms with Crippen LogP contribution in [0.25, 0.3) is 0 Å². The molecule has 0 bridgehead atoms. The average molecular weight is 451 g/mol. The summed E-state index contributed by atoms with van der Waals surface area (Å²) in [5, 5.41) is 3.05. The number of carbonyl (C=O) groups excluding carboxylic acids is 1. The number of hydrogen-bond donors (Lipinski definition) is 1. The summed E-state index contributed by atoms with van der Waals surface area (Å²) in [6.07, 6.45) is 2.08. The second-order valence-electron chi connectivity index (χ2n) is 9.23. The van der Waals surface area contributed by atoms with Crippen LogP contribution in [-0.4, -0.2) is 76.4 Å². The molecule has 0 radical (unpaired) electrons. The summed E-state index contributed by atoms with van der Waals surface area (Å²) in [6, 6.07) is 14.5. The van der Waals surface area contributed by atoms with Crippen molar-refractivity contribution in [2.75, 3.05) is 74.6 Å². The molecule has 3 aliphatic heterocycles. The lowest BCUT2D eigenvalue weighted by molar-refractivity contribution is -0.117. The molecule has 2 aromatic rings. The largest absolute Gasteiger partial charge is 0.487 e. The van der Waals surface area contributed by atoms with Gasteiger partial charge in [0.15, 0.2) is 0 Å². The normalized spacial score (nSPS) is 21.3. The van der Waals surface area contributed by atoms with Gasteiger partial charge in [-0.25, -0.2) is 0 Å². The summed E-state index contributed by atoms with van der Waals surface area (Å²) in [5.41, 5.74) is 4.41. The van der Waals surface area contributed by atoms with Crippen LogP contribution in [0.1, 0.15) is 18.4 Å². The first-order valence-corrected chi connectivity index (χ1v) is 12.1. The maximum atomic E-state index is 12.8. The molecule has 1 amide bonds. The number of para-hydroxylation sites is 1. The number of morpholine rings is 1. The zero-order valence-corrected chi connectivity index (χ0v) is 19.5. The van der Waals surface area contributed by atoms with Crippen molar-refractivity contribution in [1.82, 2.24) is 4.90 Å². The lowest BCUT2D eigenvalue weighted by Crippen LogP contribution is -2.45. The van der Waals surface area contributed by atoms with Gasteiger partial charge in [-0.05, 0) is 55.8 Å². The predicted octanol–water partition coefficient (Wildman–Crippen LogP) is 3.00. The standard InChI is InChI=1S/C26H34N4O3/c1-28-11-13-30(14-12-28)24-4-2-3-20-5-10-23(33-26(20)24)19-25(31)27-21-6-8-22(9-7-21)29-15-17-32-18-16-29/h2-4,6-9,23H,5,10-19H2,1H3,(H,27,31). The Morgan fingerprint density at radius 2 is 1.73 bits per heavy atom. The summed E-state index contributed by atoms with van der Waals surface area (Å²) < 4.78 is 11.8. The molecule has 176 valence electrons. The van der Waals surface area contributed by atoms with E-state index >= 15 is 0 Å². The fraction of sp³-hybridized carbons (Fsp3) is 0.500. The highest BCUT2D eigenvalue weighted by atomic mass is 16.5. The van der Waals surface area contributed by atoms with Crippen molar-refractivity contribution < 1.29 is 14.3 Å². The molecule has 2 aromatic carbocycles. The van der Waals surface area contributed by atoms with Gasteiger partial charge in [-0.2, -0.15) is 0 Å². The van der Waals surface area contributed by atoms with Gasteiger partial charge < -0.3 is 29.5 Å². The van der Waals surface area contributed by atoms with E-state index in [1.54, 1.807) is 0 Å². The molecule has 7 heteroatoms. The maximum absolute atomic E-state index is 12.8. The molecule has 2 saturated heterocycles. The van der Waals surface area contributed by atoms with Crippen molar-refractivity contribution in [3.05, 3.63) is 48.0 Å². The van der Waals surface area contributed by atoms with Gasteiger partial charge in [-0.3, -0.25) is 4.79 Å². The molecule has 0 aliphatic carbocycles. The van der Waals surface area contributed by atoms with Crippen molar-refractivity contribution in [2.45, 2.75) is 25.4 Å². The first-order valence-electron chi connectivity index (χ1n) is 12.1. The Hall–Kier alpha value is -2.77. The van der Waals surface area contributed by atoms with E-state index < -0.39 is 0 Å². The van der Waals surface area contributed by atoms with Crippen LogP contribution in [0, 0.1) is 0 Å². The van der Waals surface area contributed by atoms with E-state index in [1.165, 1.54) is 16.9 Å². The van der Waals surface area contributed by atoms with Crippen LogP contribution in [0.3, 0.4) is 0 Å². The van der Waals surface area contributed by atoms with E-state index in [2.05, 4.69) is 57.4 Å². The van der Waals surface area contributed by atoms with Crippen LogP contribution in [0.15, 0.2) is 42.5 Å². The monoisotopic (exact) mass is 450 g/mol. The Balaban J connectivity index is 1.19. The number of benzene rings is 2. The molecule has 1 N–H and O–H groups in total. The average Bonchev–Trinajstić information content (AvgIpc) is 2.85. The van der Waals surface area contributed by atoms with E-state index in [0.717, 1.165) is 76.8 Å². The highest BCUT2D eigenvalue weighted by Gasteiger charge is 2.27. The number of amides is 1. The highest BCUT2D eigenvalue weighted by Crippen LogP contribution is 2.38. The lowest BCUT2D eigenvalue weighted by Gasteiger charge is -2.37. The summed E-state index contributed by atoms with van der Waals surface area (Å²) in [6.45, 7) is 7.45. The first kappa shape index (κ1) is 22.0. The summed E-state index contributed by atoms with van der Waals surface area (Å²) >= 11 is 0. The van der Waals surface area contributed by atoms with Crippen LogP contribution in [0.2, 0.25) is 0 Å². The Morgan fingerprint density at radius 3 is 2.48 bits per heavy atom. The topological polar surface area (TPSA) is 57.3 Å². The second kappa shape index (κ2) is 10.0. The van der Waals surface area contributed by atoms with Gasteiger partial charge in [0, 0.05) is 50.6 Å². The van der Waals surface area contributed by atoms with Gasteiger partial charge in [-0.1, -0.05) is 12.1 Å². The number of fused-ring (bicyclic) bond motifs is 1. The maximum Gasteiger partial charge on any atom is 0.228 e. The van der Waals surface area contributed by atoms with E-state index in [0.29, 0.717) is 6.42 Å². The zero-order chi connectivity index (χ0) is 22.6. The quantitative estimate of drug-likeness (QED) is 0.756. The highest BCUT2D eigenvalue weighted by molar-refractivity contribution is 5.91. The van der Waals surface area contributed by atoms with Gasteiger partial charge in [0.05, 0.1) is 25.3 Å². The molecule has 5 rings (SSSR count). The third-order valence-corrected chi connectivity index (χ3v) is 6.88. The SMILES string of the molecule is CN1CCN(c2cccc3c2OC(CC(=O)Nc2ccc(N4CCOCC4)cc2)CC3)CC1. The van der Waals surface area contributed by atoms with Gasteiger partial charge >= 0.3 is 0 Å². The summed E-state index contributed by atoms with van der Waals surface area (Å²) in [5.74, 6) is 0.973. The number of anilines is 3. The van der Waals surface area contributed by atoms with Crippen LogP contribution >= 0.6 is 0 Å². The first-order chi connectivity index (χ1) is 16.2. The molecule has 3 heterocycles. The fourth-order valence-corrected chi connectivity index (χ4v) is 4.88. The van der Waals surface area contributed by atoms with Crippen molar-refractivity contribution >= 4 is 23.0 Å². The Bertz CT molecular complexity index is 951. The molecule has 33 heavy (non-hydrogen) atoms. The van der Waals surface area contributed by atoms with Gasteiger partial charge in [-0.15, -0.1) is 0 Å². The van der Waals surface area contributed by atoms with Gasteiger partial charge in [0.25, 0.3) is 0 Å². The molecule has 7 nitrogen and oxygen atoms in total. The van der Waals surface area contributed by atoms with E-state index in [-0.39, 0.29) is 12.0 Å². The van der Waals surface area contributed by atoms with Gasteiger partial charge in [0.2, 0.25) is 5.91 Å². The molecule has 3 aliphatic rings. The summed E-state index contributed by atoms with van der Waals surface area (Å²) in [7, 11) is 2.17. The molecule has 1 unspecified atom stereocenters. The molecule has 0 spiro atoms. The number of nitrogens with zero attached hydrogens (tertiary/aromatic N) is 3. The third-order valence-electron chi connectivity index (χ3n) is 6.88. The number of piperazine rings is 1. The van der Waals surface area contributed by atoms with Crippen molar-refractivity contribution in [1.29, 1.82) is 0 Å². The fourth-order valence-electron chi connectivity index (χ4n) is 4.88. The number of aryl methyl sites for hydroxylation is 1. The van der Waals surface area contributed by atoms with Crippen LogP contribution in [-0.2, 0) is 16.0 Å². The smallest absolute Gasteiger partial charge is 0.228 e. The van der Waals surface area contributed by atoms with E-state index in [1.807, 2.05) is 12.1 Å².